The van der Waals surface area contributed by atoms with Crippen molar-refractivity contribution in [2.45, 2.75) is 78.2 Å². The van der Waals surface area contributed by atoms with Gasteiger partial charge in [0.1, 0.15) is 0 Å². The third-order valence-electron chi connectivity index (χ3n) is 8.75. The summed E-state index contributed by atoms with van der Waals surface area (Å²) in [6, 6.07) is 0.465. The first-order chi connectivity index (χ1) is 11.9. The number of hydrogen-bond acceptors (Lipinski definition) is 2. The van der Waals surface area contributed by atoms with Gasteiger partial charge in [-0.1, -0.05) is 32.4 Å². The van der Waals surface area contributed by atoms with E-state index in [0.717, 1.165) is 13.0 Å². The van der Waals surface area contributed by atoms with Crippen molar-refractivity contribution in [1.29, 1.82) is 0 Å². The highest BCUT2D eigenvalue weighted by molar-refractivity contribution is 5.67. The summed E-state index contributed by atoms with van der Waals surface area (Å²) in [5.41, 5.74) is 2.01. The lowest BCUT2D eigenvalue weighted by Crippen LogP contribution is -2.69. The van der Waals surface area contributed by atoms with Gasteiger partial charge < -0.3 is 10.4 Å². The van der Waals surface area contributed by atoms with E-state index in [0.29, 0.717) is 36.1 Å². The molecular weight excluding hydrogens is 310 g/mol. The number of piperidine rings is 1. The Kier molecular flexibility index (Phi) is 4.30. The molecule has 4 aliphatic rings. The lowest BCUT2D eigenvalue weighted by Gasteiger charge is -2.66. The van der Waals surface area contributed by atoms with Crippen molar-refractivity contribution in [2.75, 3.05) is 6.54 Å². The third-order valence-corrected chi connectivity index (χ3v) is 8.75. The van der Waals surface area contributed by atoms with Gasteiger partial charge in [0.25, 0.3) is 0 Å². The van der Waals surface area contributed by atoms with Crippen LogP contribution in [0.15, 0.2) is 11.6 Å². The largest absolute Gasteiger partial charge is 0.481 e. The molecule has 0 aromatic rings. The molecule has 0 unspecified atom stereocenters. The molecule has 4 bridgehead atoms. The molecule has 1 saturated heterocycles. The number of aliphatic carboxylic acids is 1. The van der Waals surface area contributed by atoms with Gasteiger partial charge in [-0.05, 0) is 80.6 Å². The minimum atomic E-state index is -0.626. The van der Waals surface area contributed by atoms with Gasteiger partial charge in [-0.2, -0.15) is 0 Å². The molecule has 3 nitrogen and oxygen atoms in total. The van der Waals surface area contributed by atoms with Crippen LogP contribution in [-0.4, -0.2) is 23.7 Å². The Labute approximate surface area is 152 Å². The molecule has 140 valence electrons. The summed E-state index contributed by atoms with van der Waals surface area (Å²) in [6.45, 7) is 8.40. The van der Waals surface area contributed by atoms with Crippen LogP contribution in [0.2, 0.25) is 0 Å². The molecular formula is C22H35NO2. The Balaban J connectivity index is 1.87. The fourth-order valence-electron chi connectivity index (χ4n) is 7.51. The zero-order chi connectivity index (χ0) is 17.8. The van der Waals surface area contributed by atoms with Gasteiger partial charge in [0.2, 0.25) is 0 Å². The molecule has 2 N–H and O–H groups in total. The van der Waals surface area contributed by atoms with Gasteiger partial charge in [0.05, 0.1) is 0 Å². The van der Waals surface area contributed by atoms with Gasteiger partial charge >= 0.3 is 5.97 Å². The molecule has 3 aliphatic carbocycles. The first-order valence-corrected chi connectivity index (χ1v) is 10.6. The maximum absolute atomic E-state index is 11.6. The van der Waals surface area contributed by atoms with Crippen LogP contribution in [-0.2, 0) is 4.79 Å². The summed E-state index contributed by atoms with van der Waals surface area (Å²) in [7, 11) is 0. The highest BCUT2D eigenvalue weighted by Gasteiger charge is 2.66. The SMILES string of the molecule is CC(C)[C@@H]1CC[C@]2(C)[C@H]3CC[C@@H]4CCC=C4[C@]2(CCC(=O)O)[C@@H]1NC3. The number of carbonyl (C=O) groups is 1. The normalized spacial score (nSPS) is 45.7. The Hall–Kier alpha value is -0.830. The maximum Gasteiger partial charge on any atom is 0.303 e. The van der Waals surface area contributed by atoms with Gasteiger partial charge in [-0.15, -0.1) is 0 Å². The molecule has 4 rings (SSSR count). The Morgan fingerprint density at radius 3 is 2.84 bits per heavy atom. The van der Waals surface area contributed by atoms with E-state index in [-0.39, 0.29) is 10.8 Å². The van der Waals surface area contributed by atoms with Crippen molar-refractivity contribution in [3.63, 3.8) is 0 Å². The second kappa shape index (κ2) is 6.11. The minimum absolute atomic E-state index is 0.0686. The summed E-state index contributed by atoms with van der Waals surface area (Å²) in [4.78, 5) is 11.6. The summed E-state index contributed by atoms with van der Waals surface area (Å²) in [5.74, 6) is 2.12. The van der Waals surface area contributed by atoms with E-state index in [1.54, 1.807) is 5.57 Å². The standard InChI is InChI=1S/C22H35NO2/c1-14(2)17-9-11-21(3)16-8-7-15-5-4-6-18(15)22(21,12-10-19(24)25)20(17)23-13-16/h6,14-17,20,23H,4-5,7-13H2,1-3H3,(H,24,25)/t15-,16-,17-,20+,21+,22+/m0/s1. The monoisotopic (exact) mass is 345 g/mol. The summed E-state index contributed by atoms with van der Waals surface area (Å²) in [6.07, 6.45) is 11.4. The highest BCUT2D eigenvalue weighted by atomic mass is 16.4. The molecule has 0 radical (unpaired) electrons. The maximum atomic E-state index is 11.6. The number of nitrogens with one attached hydrogen (secondary N) is 1. The predicted molar refractivity (Wildman–Crippen MR) is 100 cm³/mol. The van der Waals surface area contributed by atoms with Gasteiger partial charge in [0.15, 0.2) is 0 Å². The van der Waals surface area contributed by atoms with Gasteiger partial charge in [0, 0.05) is 17.9 Å². The molecule has 1 heterocycles. The van der Waals surface area contributed by atoms with Gasteiger partial charge in [-0.25, -0.2) is 0 Å². The molecule has 1 aliphatic heterocycles. The van der Waals surface area contributed by atoms with Crippen LogP contribution in [0.4, 0.5) is 0 Å². The van der Waals surface area contributed by atoms with Crippen molar-refractivity contribution >= 4 is 5.97 Å². The molecule has 0 amide bonds. The van der Waals surface area contributed by atoms with Crippen molar-refractivity contribution in [2.24, 2.45) is 34.5 Å². The second-order valence-corrected chi connectivity index (χ2v) is 9.82. The van der Waals surface area contributed by atoms with Crippen LogP contribution in [0.5, 0.6) is 0 Å². The van der Waals surface area contributed by atoms with E-state index in [1.807, 2.05) is 0 Å². The molecule has 3 fully saturated rings. The van der Waals surface area contributed by atoms with E-state index >= 15 is 0 Å². The highest BCUT2D eigenvalue weighted by Crippen LogP contribution is 2.69. The van der Waals surface area contributed by atoms with Crippen LogP contribution in [0.3, 0.4) is 0 Å². The number of carboxylic acids is 1. The predicted octanol–water partition coefficient (Wildman–Crippen LogP) is 4.63. The van der Waals surface area contributed by atoms with Crippen molar-refractivity contribution in [1.82, 2.24) is 5.32 Å². The summed E-state index contributed by atoms with van der Waals surface area (Å²) < 4.78 is 0. The summed E-state index contributed by atoms with van der Waals surface area (Å²) in [5, 5.41) is 13.5. The molecule has 25 heavy (non-hydrogen) atoms. The summed E-state index contributed by atoms with van der Waals surface area (Å²) >= 11 is 0. The molecule has 2 saturated carbocycles. The van der Waals surface area contributed by atoms with Gasteiger partial charge in [-0.3, -0.25) is 4.79 Å². The van der Waals surface area contributed by atoms with Crippen molar-refractivity contribution in [3.8, 4) is 0 Å². The Morgan fingerprint density at radius 2 is 2.12 bits per heavy atom. The zero-order valence-electron chi connectivity index (χ0n) is 16.2. The van der Waals surface area contributed by atoms with Crippen LogP contribution in [0.1, 0.15) is 72.1 Å². The fraction of sp³-hybridized carbons (Fsp3) is 0.864. The second-order valence-electron chi connectivity index (χ2n) is 9.82. The number of rotatable bonds is 4. The topological polar surface area (TPSA) is 49.3 Å². The molecule has 0 aromatic heterocycles. The van der Waals surface area contributed by atoms with Crippen LogP contribution in [0, 0.1) is 34.5 Å². The van der Waals surface area contributed by atoms with E-state index in [2.05, 4.69) is 32.2 Å². The van der Waals surface area contributed by atoms with E-state index < -0.39 is 5.97 Å². The smallest absolute Gasteiger partial charge is 0.303 e. The first-order valence-electron chi connectivity index (χ1n) is 10.6. The van der Waals surface area contributed by atoms with Crippen molar-refractivity contribution in [3.05, 3.63) is 11.6 Å². The van der Waals surface area contributed by atoms with E-state index in [4.69, 9.17) is 0 Å². The van der Waals surface area contributed by atoms with Crippen molar-refractivity contribution < 1.29 is 9.90 Å². The number of allylic oxidation sites excluding steroid dienone is 1. The average molecular weight is 346 g/mol. The number of carboxylic acid groups (broad SMARTS) is 1. The molecule has 0 spiro atoms. The number of fused-ring (bicyclic) bond motifs is 1. The van der Waals surface area contributed by atoms with Crippen LogP contribution in [0.25, 0.3) is 0 Å². The Bertz CT molecular complexity index is 583. The lowest BCUT2D eigenvalue weighted by atomic mass is 9.42. The lowest BCUT2D eigenvalue weighted by molar-refractivity contribution is -0.143. The van der Waals surface area contributed by atoms with Crippen LogP contribution >= 0.6 is 0 Å². The third kappa shape index (κ3) is 2.37. The average Bonchev–Trinajstić information content (AvgIpc) is 2.99. The number of hydrogen-bond donors (Lipinski definition) is 2. The molecule has 6 atom stereocenters. The quantitative estimate of drug-likeness (QED) is 0.731. The Morgan fingerprint density at radius 1 is 1.32 bits per heavy atom. The fourth-order valence-corrected chi connectivity index (χ4v) is 7.51. The van der Waals surface area contributed by atoms with E-state index in [9.17, 15) is 9.90 Å². The zero-order valence-corrected chi connectivity index (χ0v) is 16.2. The first kappa shape index (κ1) is 17.6. The molecule has 3 heteroatoms. The van der Waals surface area contributed by atoms with E-state index in [1.165, 1.54) is 38.5 Å². The molecule has 0 aromatic carbocycles. The van der Waals surface area contributed by atoms with Crippen LogP contribution < -0.4 is 5.32 Å². The minimum Gasteiger partial charge on any atom is -0.481 e.